The van der Waals surface area contributed by atoms with E-state index in [1.165, 1.54) is 0 Å². The lowest BCUT2D eigenvalue weighted by atomic mass is 10.2. The van der Waals surface area contributed by atoms with Crippen LogP contribution in [0.25, 0.3) is 5.76 Å². The van der Waals surface area contributed by atoms with Crippen molar-refractivity contribution in [2.75, 3.05) is 13.2 Å². The van der Waals surface area contributed by atoms with Crippen LogP contribution >= 0.6 is 0 Å². The number of carbonyl (C=O) groups excluding carboxylic acids is 1. The molecule has 0 spiro atoms. The number of para-hydroxylation sites is 1. The smallest absolute Gasteiger partial charge is 0.341 e. The van der Waals surface area contributed by atoms with Crippen LogP contribution in [-0.2, 0) is 9.47 Å². The van der Waals surface area contributed by atoms with Gasteiger partial charge in [-0.15, -0.1) is 0 Å². The van der Waals surface area contributed by atoms with Gasteiger partial charge in [-0.3, -0.25) is 0 Å². The molecule has 0 atom stereocenters. The van der Waals surface area contributed by atoms with Crippen LogP contribution in [0.5, 0.6) is 5.75 Å². The summed E-state index contributed by atoms with van der Waals surface area (Å²) in [5.74, 6) is 0.638. The van der Waals surface area contributed by atoms with Gasteiger partial charge < -0.3 is 14.2 Å². The third-order valence-corrected chi connectivity index (χ3v) is 4.32. The normalized spacial score (nSPS) is 11.7. The summed E-state index contributed by atoms with van der Waals surface area (Å²) in [5, 5.41) is 0. The van der Waals surface area contributed by atoms with E-state index in [9.17, 15) is 4.79 Å². The first-order valence-electron chi connectivity index (χ1n) is 10.9. The maximum absolute atomic E-state index is 12.5. The predicted octanol–water partition coefficient (Wildman–Crippen LogP) is 6.95. The fraction of sp³-hybridized carbons (Fsp3) is 0.296. The summed E-state index contributed by atoms with van der Waals surface area (Å²) in [6.45, 7) is 5.04. The van der Waals surface area contributed by atoms with E-state index >= 15 is 0 Å². The van der Waals surface area contributed by atoms with Gasteiger partial charge in [0.05, 0.1) is 13.2 Å². The van der Waals surface area contributed by atoms with E-state index in [-0.39, 0.29) is 0 Å². The molecule has 0 saturated heterocycles. The molecule has 0 aliphatic heterocycles. The second-order valence-electron chi connectivity index (χ2n) is 6.78. The zero-order valence-corrected chi connectivity index (χ0v) is 18.5. The summed E-state index contributed by atoms with van der Waals surface area (Å²) >= 11 is 0. The second-order valence-corrected chi connectivity index (χ2v) is 6.78. The fourth-order valence-corrected chi connectivity index (χ4v) is 2.75. The Labute approximate surface area is 185 Å². The number of carbonyl (C=O) groups is 1. The molecule has 2 aromatic rings. The highest BCUT2D eigenvalue weighted by Gasteiger charge is 2.13. The predicted molar refractivity (Wildman–Crippen MR) is 126 cm³/mol. The van der Waals surface area contributed by atoms with Gasteiger partial charge in [0.15, 0.2) is 5.76 Å². The minimum Gasteiger partial charge on any atom is -0.489 e. The minimum absolute atomic E-state index is 0.336. The zero-order valence-electron chi connectivity index (χ0n) is 18.5. The van der Waals surface area contributed by atoms with Crippen molar-refractivity contribution in [2.24, 2.45) is 0 Å². The minimum atomic E-state index is -0.402. The van der Waals surface area contributed by atoms with Crippen molar-refractivity contribution in [3.63, 3.8) is 0 Å². The fourth-order valence-electron chi connectivity index (χ4n) is 2.75. The Balaban J connectivity index is 2.09. The van der Waals surface area contributed by atoms with Gasteiger partial charge in [-0.25, -0.2) is 4.79 Å². The van der Waals surface area contributed by atoms with Crippen molar-refractivity contribution in [3.8, 4) is 5.75 Å². The standard InChI is InChI=1S/C27H32O4/c1-3-5-7-14-20-29-26(23-16-10-9-11-17-23)22-31-25-19-13-12-18-24(25)27(28)30-21-15-8-6-4-2/h5-13,16-19,22H,3-4,14-15,20-21H2,1-2H3/b7-5-,8-6-,26-22-. The van der Waals surface area contributed by atoms with E-state index in [4.69, 9.17) is 14.2 Å². The van der Waals surface area contributed by atoms with Gasteiger partial charge in [0.2, 0.25) is 0 Å². The van der Waals surface area contributed by atoms with Crippen molar-refractivity contribution in [2.45, 2.75) is 39.5 Å². The molecular weight excluding hydrogens is 388 g/mol. The van der Waals surface area contributed by atoms with Crippen LogP contribution in [0.1, 0.15) is 55.5 Å². The summed E-state index contributed by atoms with van der Waals surface area (Å²) in [6, 6.07) is 16.8. The van der Waals surface area contributed by atoms with Crippen LogP contribution in [0.3, 0.4) is 0 Å². The van der Waals surface area contributed by atoms with E-state index in [0.29, 0.717) is 36.7 Å². The molecule has 0 aromatic heterocycles. The molecule has 0 heterocycles. The maximum Gasteiger partial charge on any atom is 0.341 e. The quantitative estimate of drug-likeness (QED) is 0.152. The molecular formula is C27H32O4. The van der Waals surface area contributed by atoms with Crippen molar-refractivity contribution in [3.05, 3.63) is 96.3 Å². The summed E-state index contributed by atoms with van der Waals surface area (Å²) < 4.78 is 17.2. The molecule has 164 valence electrons. The number of hydrogen-bond donors (Lipinski definition) is 0. The SMILES string of the molecule is CC/C=C\CCOC(=O)c1ccccc1O/C=C(\OCC/C=C\CC)c1ccccc1. The molecule has 0 aliphatic carbocycles. The molecule has 0 aliphatic rings. The first-order valence-corrected chi connectivity index (χ1v) is 10.9. The zero-order chi connectivity index (χ0) is 22.2. The molecule has 0 N–H and O–H groups in total. The summed E-state index contributed by atoms with van der Waals surface area (Å²) in [4.78, 5) is 12.5. The van der Waals surface area contributed by atoms with Gasteiger partial charge in [0.25, 0.3) is 0 Å². The average Bonchev–Trinajstić information content (AvgIpc) is 2.81. The maximum atomic E-state index is 12.5. The number of hydrogen-bond acceptors (Lipinski definition) is 4. The monoisotopic (exact) mass is 420 g/mol. The number of esters is 1. The van der Waals surface area contributed by atoms with Gasteiger partial charge in [0.1, 0.15) is 17.6 Å². The van der Waals surface area contributed by atoms with Crippen LogP contribution in [0.15, 0.2) is 85.2 Å². The Bertz CT molecular complexity index is 866. The highest BCUT2D eigenvalue weighted by atomic mass is 16.5. The highest BCUT2D eigenvalue weighted by molar-refractivity contribution is 5.92. The first kappa shape index (κ1) is 24.0. The van der Waals surface area contributed by atoms with Crippen molar-refractivity contribution < 1.29 is 19.0 Å². The molecule has 0 unspecified atom stereocenters. The van der Waals surface area contributed by atoms with E-state index in [2.05, 4.69) is 32.1 Å². The molecule has 0 radical (unpaired) electrons. The number of allylic oxidation sites excluding steroid dienone is 2. The van der Waals surface area contributed by atoms with E-state index < -0.39 is 5.97 Å². The lowest BCUT2D eigenvalue weighted by Gasteiger charge is -2.12. The summed E-state index contributed by atoms with van der Waals surface area (Å²) in [6.07, 6.45) is 13.3. The third-order valence-electron chi connectivity index (χ3n) is 4.32. The summed E-state index contributed by atoms with van der Waals surface area (Å²) in [7, 11) is 0. The topological polar surface area (TPSA) is 44.8 Å². The molecule has 0 bridgehead atoms. The Kier molecular flexibility index (Phi) is 11.4. The lowest BCUT2D eigenvalue weighted by Crippen LogP contribution is -2.08. The van der Waals surface area contributed by atoms with Crippen LogP contribution < -0.4 is 4.74 Å². The van der Waals surface area contributed by atoms with Crippen molar-refractivity contribution in [1.29, 1.82) is 0 Å². The van der Waals surface area contributed by atoms with Gasteiger partial charge in [-0.1, -0.05) is 80.6 Å². The van der Waals surface area contributed by atoms with E-state index in [1.807, 2.05) is 42.5 Å². The van der Waals surface area contributed by atoms with Crippen LogP contribution in [0.4, 0.5) is 0 Å². The second kappa shape index (κ2) is 14.7. The Morgan fingerprint density at radius 3 is 2.06 bits per heavy atom. The summed E-state index contributed by atoms with van der Waals surface area (Å²) in [5.41, 5.74) is 1.29. The van der Waals surface area contributed by atoms with Crippen molar-refractivity contribution in [1.82, 2.24) is 0 Å². The molecule has 31 heavy (non-hydrogen) atoms. The van der Waals surface area contributed by atoms with E-state index in [1.54, 1.807) is 24.5 Å². The average molecular weight is 421 g/mol. The Morgan fingerprint density at radius 1 is 0.774 bits per heavy atom. The number of ether oxygens (including phenoxy) is 3. The lowest BCUT2D eigenvalue weighted by molar-refractivity contribution is 0.0508. The van der Waals surface area contributed by atoms with Gasteiger partial charge >= 0.3 is 5.97 Å². The third kappa shape index (κ3) is 8.95. The molecule has 4 nitrogen and oxygen atoms in total. The molecule has 4 heteroatoms. The largest absolute Gasteiger partial charge is 0.489 e. The molecule has 0 saturated carbocycles. The molecule has 2 aromatic carbocycles. The first-order chi connectivity index (χ1) is 15.3. The molecule has 0 amide bonds. The van der Waals surface area contributed by atoms with Gasteiger partial charge in [0, 0.05) is 5.56 Å². The van der Waals surface area contributed by atoms with Gasteiger partial charge in [-0.05, 0) is 37.8 Å². The Morgan fingerprint density at radius 2 is 1.39 bits per heavy atom. The number of rotatable bonds is 13. The molecule has 2 rings (SSSR count). The highest BCUT2D eigenvalue weighted by Crippen LogP contribution is 2.22. The van der Waals surface area contributed by atoms with Crippen LogP contribution in [0.2, 0.25) is 0 Å². The van der Waals surface area contributed by atoms with Gasteiger partial charge in [-0.2, -0.15) is 0 Å². The van der Waals surface area contributed by atoms with E-state index in [0.717, 1.165) is 24.8 Å². The Hall–Kier alpha value is -3.27. The molecule has 0 fully saturated rings. The van der Waals surface area contributed by atoms with Crippen molar-refractivity contribution >= 4 is 11.7 Å². The number of benzene rings is 2. The van der Waals surface area contributed by atoms with Crippen LogP contribution in [0, 0.1) is 0 Å². The van der Waals surface area contributed by atoms with Crippen LogP contribution in [-0.4, -0.2) is 19.2 Å².